The highest BCUT2D eigenvalue weighted by Gasteiger charge is 2.17. The number of benzene rings is 1. The molecule has 0 saturated heterocycles. The molecular formula is C17H26N4. The molecule has 1 N–H and O–H groups in total. The van der Waals surface area contributed by atoms with Crippen molar-refractivity contribution >= 4 is 0 Å². The van der Waals surface area contributed by atoms with Gasteiger partial charge < -0.3 is 5.32 Å². The molecule has 2 aromatic rings. The monoisotopic (exact) mass is 286 g/mol. The molecule has 0 spiro atoms. The molecule has 0 aliphatic rings. The quantitative estimate of drug-likeness (QED) is 0.810. The molecule has 1 aromatic heterocycles. The smallest absolute Gasteiger partial charge is 0.0534 e. The summed E-state index contributed by atoms with van der Waals surface area (Å²) in [6.07, 6.45) is 3.98. The first-order valence-corrected chi connectivity index (χ1v) is 7.71. The van der Waals surface area contributed by atoms with Crippen molar-refractivity contribution in [2.75, 3.05) is 19.6 Å². The van der Waals surface area contributed by atoms with Crippen molar-refractivity contribution in [3.05, 3.63) is 53.9 Å². The molecule has 4 heteroatoms. The van der Waals surface area contributed by atoms with Crippen LogP contribution in [0.15, 0.2) is 42.7 Å². The van der Waals surface area contributed by atoms with E-state index in [9.17, 15) is 0 Å². The van der Waals surface area contributed by atoms with Crippen LogP contribution in [0.3, 0.4) is 0 Å². The van der Waals surface area contributed by atoms with E-state index in [1.807, 2.05) is 17.9 Å². The molecule has 1 unspecified atom stereocenters. The summed E-state index contributed by atoms with van der Waals surface area (Å²) in [5, 5.41) is 7.77. The topological polar surface area (TPSA) is 33.1 Å². The predicted molar refractivity (Wildman–Crippen MR) is 87.0 cm³/mol. The third-order valence-electron chi connectivity index (χ3n) is 3.86. The number of aromatic nitrogens is 2. The Balaban J connectivity index is 1.99. The number of nitrogens with one attached hydrogen (secondary N) is 1. The highest BCUT2D eigenvalue weighted by molar-refractivity contribution is 5.19. The minimum absolute atomic E-state index is 0.415. The lowest BCUT2D eigenvalue weighted by atomic mass is 10.1. The summed E-state index contributed by atoms with van der Waals surface area (Å²) in [7, 11) is 1.95. The largest absolute Gasteiger partial charge is 0.311 e. The second-order valence-corrected chi connectivity index (χ2v) is 5.30. The van der Waals surface area contributed by atoms with Crippen LogP contribution in [-0.2, 0) is 13.6 Å². The van der Waals surface area contributed by atoms with Gasteiger partial charge in [0, 0.05) is 37.9 Å². The van der Waals surface area contributed by atoms with Crippen molar-refractivity contribution in [2.24, 2.45) is 7.05 Å². The molecule has 0 aliphatic heterocycles. The first-order valence-electron chi connectivity index (χ1n) is 7.71. The van der Waals surface area contributed by atoms with Gasteiger partial charge in [0.25, 0.3) is 0 Å². The molecule has 0 fully saturated rings. The zero-order valence-electron chi connectivity index (χ0n) is 13.3. The van der Waals surface area contributed by atoms with E-state index in [1.165, 1.54) is 11.1 Å². The number of rotatable bonds is 8. The van der Waals surface area contributed by atoms with E-state index in [4.69, 9.17) is 0 Å². The minimum atomic E-state index is 0.415. The van der Waals surface area contributed by atoms with Gasteiger partial charge in [0.15, 0.2) is 0 Å². The Labute approximate surface area is 127 Å². The molecule has 0 amide bonds. The molecule has 0 radical (unpaired) electrons. The maximum atomic E-state index is 4.21. The van der Waals surface area contributed by atoms with Gasteiger partial charge in [-0.25, -0.2) is 0 Å². The van der Waals surface area contributed by atoms with E-state index >= 15 is 0 Å². The van der Waals surface area contributed by atoms with Crippen molar-refractivity contribution in [1.29, 1.82) is 0 Å². The summed E-state index contributed by atoms with van der Waals surface area (Å²) in [4.78, 5) is 2.49. The van der Waals surface area contributed by atoms with Crippen LogP contribution in [0.1, 0.15) is 31.0 Å². The van der Waals surface area contributed by atoms with Gasteiger partial charge in [-0.2, -0.15) is 5.10 Å². The van der Waals surface area contributed by atoms with Gasteiger partial charge in [-0.15, -0.1) is 0 Å². The van der Waals surface area contributed by atoms with Crippen LogP contribution in [0, 0.1) is 0 Å². The van der Waals surface area contributed by atoms with Crippen LogP contribution in [0.25, 0.3) is 0 Å². The lowest BCUT2D eigenvalue weighted by molar-refractivity contribution is 0.213. The zero-order valence-corrected chi connectivity index (χ0v) is 13.3. The van der Waals surface area contributed by atoms with E-state index in [0.717, 1.165) is 26.2 Å². The summed E-state index contributed by atoms with van der Waals surface area (Å²) in [5.74, 6) is 0. The van der Waals surface area contributed by atoms with Crippen LogP contribution < -0.4 is 5.32 Å². The van der Waals surface area contributed by atoms with Crippen molar-refractivity contribution in [3.8, 4) is 0 Å². The lowest BCUT2D eigenvalue weighted by Gasteiger charge is -2.30. The summed E-state index contributed by atoms with van der Waals surface area (Å²) >= 11 is 0. The van der Waals surface area contributed by atoms with E-state index < -0.39 is 0 Å². The molecule has 4 nitrogen and oxygen atoms in total. The Morgan fingerprint density at radius 2 is 1.90 bits per heavy atom. The third-order valence-corrected chi connectivity index (χ3v) is 3.86. The Hall–Kier alpha value is -1.65. The molecule has 0 aliphatic carbocycles. The van der Waals surface area contributed by atoms with Gasteiger partial charge in [0.05, 0.1) is 6.20 Å². The second-order valence-electron chi connectivity index (χ2n) is 5.30. The molecule has 2 rings (SSSR count). The Morgan fingerprint density at radius 3 is 2.48 bits per heavy atom. The fraction of sp³-hybridized carbons (Fsp3) is 0.471. The van der Waals surface area contributed by atoms with E-state index in [2.05, 4.69) is 65.7 Å². The lowest BCUT2D eigenvalue weighted by Crippen LogP contribution is -2.35. The van der Waals surface area contributed by atoms with Crippen molar-refractivity contribution < 1.29 is 0 Å². The van der Waals surface area contributed by atoms with Gasteiger partial charge >= 0.3 is 0 Å². The number of aryl methyl sites for hydroxylation is 1. The molecule has 0 bridgehead atoms. The fourth-order valence-corrected chi connectivity index (χ4v) is 2.71. The SMILES string of the molecule is CCN(CC)C(CNCc1cnn(C)c1)c1ccccc1. The van der Waals surface area contributed by atoms with Crippen LogP contribution >= 0.6 is 0 Å². The maximum absolute atomic E-state index is 4.21. The summed E-state index contributed by atoms with van der Waals surface area (Å²) < 4.78 is 1.84. The number of hydrogen-bond acceptors (Lipinski definition) is 3. The van der Waals surface area contributed by atoms with Crippen LogP contribution in [-0.4, -0.2) is 34.3 Å². The summed E-state index contributed by atoms with van der Waals surface area (Å²) in [6, 6.07) is 11.2. The summed E-state index contributed by atoms with van der Waals surface area (Å²) in [5.41, 5.74) is 2.60. The predicted octanol–water partition coefficient (Wildman–Crippen LogP) is 2.59. The van der Waals surface area contributed by atoms with Gasteiger partial charge in [-0.05, 0) is 18.7 Å². The summed E-state index contributed by atoms with van der Waals surface area (Å²) in [6.45, 7) is 8.37. The van der Waals surface area contributed by atoms with E-state index in [0.29, 0.717) is 6.04 Å². The first-order chi connectivity index (χ1) is 10.2. The average molecular weight is 286 g/mol. The van der Waals surface area contributed by atoms with Gasteiger partial charge in [0.1, 0.15) is 0 Å². The first kappa shape index (κ1) is 15.7. The van der Waals surface area contributed by atoms with E-state index in [1.54, 1.807) is 0 Å². The van der Waals surface area contributed by atoms with Crippen molar-refractivity contribution in [1.82, 2.24) is 20.0 Å². The fourth-order valence-electron chi connectivity index (χ4n) is 2.71. The molecule has 1 atom stereocenters. The zero-order chi connectivity index (χ0) is 15.1. The Kier molecular flexibility index (Phi) is 5.96. The highest BCUT2D eigenvalue weighted by Crippen LogP contribution is 2.19. The van der Waals surface area contributed by atoms with Crippen LogP contribution in [0.2, 0.25) is 0 Å². The number of hydrogen-bond donors (Lipinski definition) is 1. The molecule has 0 saturated carbocycles. The van der Waals surface area contributed by atoms with Crippen LogP contribution in [0.5, 0.6) is 0 Å². The highest BCUT2D eigenvalue weighted by atomic mass is 15.2. The molecule has 1 aromatic carbocycles. The second kappa shape index (κ2) is 7.96. The Bertz CT molecular complexity index is 517. The standard InChI is InChI=1S/C17H26N4/c1-4-21(5-2)17(16-9-7-6-8-10-16)13-18-11-15-12-19-20(3)14-15/h6-10,12,14,17-18H,4-5,11,13H2,1-3H3. The van der Waals surface area contributed by atoms with Gasteiger partial charge in [-0.3, -0.25) is 9.58 Å². The van der Waals surface area contributed by atoms with Gasteiger partial charge in [-0.1, -0.05) is 44.2 Å². The van der Waals surface area contributed by atoms with Gasteiger partial charge in [0.2, 0.25) is 0 Å². The van der Waals surface area contributed by atoms with Crippen LogP contribution in [0.4, 0.5) is 0 Å². The molecule has 21 heavy (non-hydrogen) atoms. The third kappa shape index (κ3) is 4.41. The minimum Gasteiger partial charge on any atom is -0.311 e. The van der Waals surface area contributed by atoms with Crippen molar-refractivity contribution in [2.45, 2.75) is 26.4 Å². The molecule has 1 heterocycles. The van der Waals surface area contributed by atoms with Crippen molar-refractivity contribution in [3.63, 3.8) is 0 Å². The molecule has 114 valence electrons. The number of nitrogens with zero attached hydrogens (tertiary/aromatic N) is 3. The number of likely N-dealkylation sites (N-methyl/N-ethyl adjacent to an activating group) is 1. The Morgan fingerprint density at radius 1 is 1.19 bits per heavy atom. The normalized spacial score (nSPS) is 12.8. The van der Waals surface area contributed by atoms with E-state index in [-0.39, 0.29) is 0 Å². The average Bonchev–Trinajstić information content (AvgIpc) is 2.93. The molecular weight excluding hydrogens is 260 g/mol. The maximum Gasteiger partial charge on any atom is 0.0534 e.